The van der Waals surface area contributed by atoms with Crippen molar-refractivity contribution >= 4 is 0 Å². The van der Waals surface area contributed by atoms with Crippen LogP contribution in [0.5, 0.6) is 5.75 Å². The quantitative estimate of drug-likeness (QED) is 0.795. The maximum atomic E-state index is 5.55. The number of aryl methyl sites for hydroxylation is 1. The van der Waals surface area contributed by atoms with Gasteiger partial charge in [0.25, 0.3) is 0 Å². The Labute approximate surface area is 105 Å². The maximum absolute atomic E-state index is 5.55. The minimum Gasteiger partial charge on any atom is -0.497 e. The van der Waals surface area contributed by atoms with Crippen molar-refractivity contribution in [2.24, 2.45) is 5.73 Å². The number of ether oxygens (including phenoxy) is 1. The van der Waals surface area contributed by atoms with Crippen molar-refractivity contribution in [2.45, 2.75) is 45.4 Å². The lowest BCUT2D eigenvalue weighted by atomic mass is 9.82. The molecule has 0 saturated carbocycles. The van der Waals surface area contributed by atoms with Crippen molar-refractivity contribution in [1.29, 1.82) is 0 Å². The van der Waals surface area contributed by atoms with Gasteiger partial charge in [-0.15, -0.1) is 0 Å². The fraction of sp³-hybridized carbons (Fsp3) is 0.600. The van der Waals surface area contributed by atoms with E-state index < -0.39 is 0 Å². The van der Waals surface area contributed by atoms with Crippen LogP contribution in [0.25, 0.3) is 0 Å². The molecule has 0 unspecified atom stereocenters. The lowest BCUT2D eigenvalue weighted by molar-refractivity contribution is 0.413. The number of unbranched alkanes of at least 4 members (excludes halogenated alkanes) is 1. The fourth-order valence-corrected chi connectivity index (χ4v) is 2.10. The van der Waals surface area contributed by atoms with E-state index in [1.54, 1.807) is 7.11 Å². The Morgan fingerprint density at radius 2 is 1.88 bits per heavy atom. The molecule has 0 radical (unpaired) electrons. The van der Waals surface area contributed by atoms with Gasteiger partial charge in [0.05, 0.1) is 7.11 Å². The number of benzene rings is 1. The van der Waals surface area contributed by atoms with Gasteiger partial charge in [0, 0.05) is 0 Å². The second kappa shape index (κ2) is 6.06. The first-order valence-electron chi connectivity index (χ1n) is 6.36. The molecule has 1 rings (SSSR count). The first kappa shape index (κ1) is 14.0. The van der Waals surface area contributed by atoms with Crippen LogP contribution in [0.15, 0.2) is 18.2 Å². The van der Waals surface area contributed by atoms with E-state index >= 15 is 0 Å². The summed E-state index contributed by atoms with van der Waals surface area (Å²) in [6, 6.07) is 6.40. The molecule has 0 aliphatic heterocycles. The molecule has 1 aromatic rings. The minimum absolute atomic E-state index is 0.185. The Morgan fingerprint density at radius 3 is 2.41 bits per heavy atom. The molecule has 17 heavy (non-hydrogen) atoms. The molecule has 1 aromatic carbocycles. The van der Waals surface area contributed by atoms with Gasteiger partial charge in [0.1, 0.15) is 5.75 Å². The molecule has 0 bridgehead atoms. The first-order valence-corrected chi connectivity index (χ1v) is 6.36. The van der Waals surface area contributed by atoms with E-state index in [4.69, 9.17) is 10.5 Å². The van der Waals surface area contributed by atoms with Crippen LogP contribution in [0.1, 0.15) is 44.7 Å². The van der Waals surface area contributed by atoms with E-state index in [9.17, 15) is 0 Å². The number of hydrogen-bond acceptors (Lipinski definition) is 2. The van der Waals surface area contributed by atoms with E-state index in [1.165, 1.54) is 11.1 Å². The van der Waals surface area contributed by atoms with Crippen LogP contribution in [-0.2, 0) is 11.8 Å². The van der Waals surface area contributed by atoms with Crippen molar-refractivity contribution in [1.82, 2.24) is 0 Å². The second-order valence-corrected chi connectivity index (χ2v) is 5.52. The van der Waals surface area contributed by atoms with Crippen molar-refractivity contribution in [3.63, 3.8) is 0 Å². The van der Waals surface area contributed by atoms with Gasteiger partial charge < -0.3 is 10.5 Å². The van der Waals surface area contributed by atoms with Crippen molar-refractivity contribution in [3.05, 3.63) is 29.3 Å². The maximum Gasteiger partial charge on any atom is 0.119 e. The van der Waals surface area contributed by atoms with Gasteiger partial charge in [-0.05, 0) is 54.5 Å². The third-order valence-corrected chi connectivity index (χ3v) is 3.02. The van der Waals surface area contributed by atoms with Crippen LogP contribution in [0.3, 0.4) is 0 Å². The van der Waals surface area contributed by atoms with Crippen LogP contribution in [0.2, 0.25) is 0 Å². The summed E-state index contributed by atoms with van der Waals surface area (Å²) in [4.78, 5) is 0. The van der Waals surface area contributed by atoms with E-state index in [2.05, 4.69) is 32.9 Å². The molecule has 0 aliphatic carbocycles. The largest absolute Gasteiger partial charge is 0.497 e. The van der Waals surface area contributed by atoms with Gasteiger partial charge in [-0.1, -0.05) is 26.8 Å². The lowest BCUT2D eigenvalue weighted by Crippen LogP contribution is -2.14. The standard InChI is InChI=1S/C15H25NO/c1-15(2,3)14-9-8-13(17-4)11-12(14)7-5-6-10-16/h8-9,11H,5-7,10,16H2,1-4H3. The van der Waals surface area contributed by atoms with Crippen molar-refractivity contribution in [2.75, 3.05) is 13.7 Å². The summed E-state index contributed by atoms with van der Waals surface area (Å²) in [6.07, 6.45) is 3.31. The predicted molar refractivity (Wildman–Crippen MR) is 73.7 cm³/mol. The Morgan fingerprint density at radius 1 is 1.18 bits per heavy atom. The molecule has 0 amide bonds. The van der Waals surface area contributed by atoms with Crippen LogP contribution >= 0.6 is 0 Å². The summed E-state index contributed by atoms with van der Waals surface area (Å²) >= 11 is 0. The molecule has 0 saturated heterocycles. The highest BCUT2D eigenvalue weighted by Crippen LogP contribution is 2.29. The summed E-state index contributed by atoms with van der Waals surface area (Å²) in [5.74, 6) is 0.945. The lowest BCUT2D eigenvalue weighted by Gasteiger charge is -2.23. The molecular weight excluding hydrogens is 210 g/mol. The van der Waals surface area contributed by atoms with E-state index in [-0.39, 0.29) is 5.41 Å². The van der Waals surface area contributed by atoms with Gasteiger partial charge in [-0.25, -0.2) is 0 Å². The number of hydrogen-bond donors (Lipinski definition) is 1. The van der Waals surface area contributed by atoms with Gasteiger partial charge in [0.2, 0.25) is 0 Å². The first-order chi connectivity index (χ1) is 7.99. The van der Waals surface area contributed by atoms with E-state index in [1.807, 2.05) is 6.07 Å². The zero-order valence-corrected chi connectivity index (χ0v) is 11.5. The normalized spacial score (nSPS) is 11.6. The van der Waals surface area contributed by atoms with Gasteiger partial charge >= 0.3 is 0 Å². The highest BCUT2D eigenvalue weighted by Gasteiger charge is 2.17. The summed E-state index contributed by atoms with van der Waals surface area (Å²) in [7, 11) is 1.72. The Bertz CT molecular complexity index is 352. The summed E-state index contributed by atoms with van der Waals surface area (Å²) in [5, 5.41) is 0. The number of nitrogens with two attached hydrogens (primary N) is 1. The summed E-state index contributed by atoms with van der Waals surface area (Å²) in [5.41, 5.74) is 8.54. The molecule has 2 nitrogen and oxygen atoms in total. The van der Waals surface area contributed by atoms with E-state index in [0.29, 0.717) is 0 Å². The number of methoxy groups -OCH3 is 1. The van der Waals surface area contributed by atoms with Crippen LogP contribution in [0, 0.1) is 0 Å². The third kappa shape index (κ3) is 4.04. The highest BCUT2D eigenvalue weighted by atomic mass is 16.5. The fourth-order valence-electron chi connectivity index (χ4n) is 2.10. The molecule has 96 valence electrons. The van der Waals surface area contributed by atoms with Crippen molar-refractivity contribution < 1.29 is 4.74 Å². The van der Waals surface area contributed by atoms with Crippen molar-refractivity contribution in [3.8, 4) is 5.75 Å². The van der Waals surface area contributed by atoms with Crippen LogP contribution in [0.4, 0.5) is 0 Å². The minimum atomic E-state index is 0.185. The van der Waals surface area contributed by atoms with E-state index in [0.717, 1.165) is 31.6 Å². The molecule has 0 heterocycles. The van der Waals surface area contributed by atoms with Gasteiger partial charge in [-0.2, -0.15) is 0 Å². The predicted octanol–water partition coefficient (Wildman–Crippen LogP) is 3.27. The highest BCUT2D eigenvalue weighted by molar-refractivity contribution is 5.39. The Kier molecular flexibility index (Phi) is 5.01. The zero-order chi connectivity index (χ0) is 12.9. The molecule has 0 fully saturated rings. The van der Waals surface area contributed by atoms with Crippen LogP contribution < -0.4 is 10.5 Å². The van der Waals surface area contributed by atoms with Crippen LogP contribution in [-0.4, -0.2) is 13.7 Å². The smallest absolute Gasteiger partial charge is 0.119 e. The average molecular weight is 235 g/mol. The SMILES string of the molecule is COc1ccc(C(C)(C)C)c(CCCCN)c1. The average Bonchev–Trinajstić information content (AvgIpc) is 2.28. The second-order valence-electron chi connectivity index (χ2n) is 5.52. The molecule has 2 heteroatoms. The summed E-state index contributed by atoms with van der Waals surface area (Å²) in [6.45, 7) is 7.53. The molecule has 0 aromatic heterocycles. The molecular formula is C15H25NO. The third-order valence-electron chi connectivity index (χ3n) is 3.02. The monoisotopic (exact) mass is 235 g/mol. The zero-order valence-electron chi connectivity index (χ0n) is 11.5. The van der Waals surface area contributed by atoms with Gasteiger partial charge in [0.15, 0.2) is 0 Å². The Balaban J connectivity index is 2.95. The Hall–Kier alpha value is -1.02. The molecule has 0 spiro atoms. The number of rotatable bonds is 5. The topological polar surface area (TPSA) is 35.2 Å². The summed E-state index contributed by atoms with van der Waals surface area (Å²) < 4.78 is 5.30. The molecule has 0 aliphatic rings. The molecule has 0 atom stereocenters. The molecule has 2 N–H and O–H groups in total. The van der Waals surface area contributed by atoms with Gasteiger partial charge in [-0.3, -0.25) is 0 Å².